The van der Waals surface area contributed by atoms with Gasteiger partial charge in [0.25, 0.3) is 5.91 Å². The third-order valence-electron chi connectivity index (χ3n) is 2.33. The average molecular weight is 237 g/mol. The van der Waals surface area contributed by atoms with Gasteiger partial charge in [-0.05, 0) is 12.1 Å². The molecule has 17 heavy (non-hydrogen) atoms. The van der Waals surface area contributed by atoms with Crippen LogP contribution in [0.3, 0.4) is 0 Å². The van der Waals surface area contributed by atoms with Crippen molar-refractivity contribution in [3.8, 4) is 11.5 Å². The van der Waals surface area contributed by atoms with Crippen LogP contribution in [0, 0.1) is 5.92 Å². The van der Waals surface area contributed by atoms with Gasteiger partial charge in [0.1, 0.15) is 0 Å². The number of carbonyl (C=O) groups excluding carboxylic acids is 2. The van der Waals surface area contributed by atoms with Crippen LogP contribution in [0.2, 0.25) is 0 Å². The van der Waals surface area contributed by atoms with E-state index < -0.39 is 11.7 Å². The number of benzene rings is 1. The second-order valence-electron chi connectivity index (χ2n) is 3.98. The van der Waals surface area contributed by atoms with E-state index in [2.05, 4.69) is 5.32 Å². The van der Waals surface area contributed by atoms with Gasteiger partial charge in [-0.15, -0.1) is 0 Å². The zero-order valence-corrected chi connectivity index (χ0v) is 9.73. The third-order valence-corrected chi connectivity index (χ3v) is 2.33. The van der Waals surface area contributed by atoms with Crippen LogP contribution in [0.1, 0.15) is 24.2 Å². The Hall–Kier alpha value is -2.04. The summed E-state index contributed by atoms with van der Waals surface area (Å²) in [4.78, 5) is 22.9. The Balaban J connectivity index is 2.71. The molecule has 0 unspecified atom stereocenters. The minimum Gasteiger partial charge on any atom is -0.504 e. The summed E-state index contributed by atoms with van der Waals surface area (Å²) in [7, 11) is 0. The van der Waals surface area contributed by atoms with Crippen molar-refractivity contribution < 1.29 is 19.8 Å². The molecule has 0 spiro atoms. The molecule has 0 aliphatic carbocycles. The number of phenols is 2. The fourth-order valence-corrected chi connectivity index (χ4v) is 1.18. The van der Waals surface area contributed by atoms with Crippen LogP contribution in [0.15, 0.2) is 18.2 Å². The van der Waals surface area contributed by atoms with Crippen molar-refractivity contribution in [2.45, 2.75) is 13.8 Å². The molecule has 0 bridgehead atoms. The summed E-state index contributed by atoms with van der Waals surface area (Å²) in [5.41, 5.74) is -0.0541. The van der Waals surface area contributed by atoms with Crippen LogP contribution in [0.4, 0.5) is 0 Å². The van der Waals surface area contributed by atoms with Crippen molar-refractivity contribution >= 4 is 11.7 Å². The van der Waals surface area contributed by atoms with E-state index in [0.717, 1.165) is 0 Å². The minimum absolute atomic E-state index is 0.0541. The van der Waals surface area contributed by atoms with Crippen LogP contribution in [-0.2, 0) is 4.79 Å². The smallest absolute Gasteiger partial charge is 0.255 e. The van der Waals surface area contributed by atoms with Crippen LogP contribution >= 0.6 is 0 Å². The Kier molecular flexibility index (Phi) is 4.09. The van der Waals surface area contributed by atoms with Gasteiger partial charge in [-0.3, -0.25) is 9.59 Å². The molecule has 0 aliphatic rings. The lowest BCUT2D eigenvalue weighted by Crippen LogP contribution is -2.31. The van der Waals surface area contributed by atoms with E-state index in [0.29, 0.717) is 0 Å². The second kappa shape index (κ2) is 5.34. The molecule has 5 nitrogen and oxygen atoms in total. The summed E-state index contributed by atoms with van der Waals surface area (Å²) in [5, 5.41) is 21.1. The van der Waals surface area contributed by atoms with Gasteiger partial charge in [0, 0.05) is 5.92 Å². The molecule has 0 radical (unpaired) electrons. The number of amides is 1. The summed E-state index contributed by atoms with van der Waals surface area (Å²) in [5.74, 6) is -1.70. The van der Waals surface area contributed by atoms with E-state index in [1.54, 1.807) is 13.8 Å². The van der Waals surface area contributed by atoms with Gasteiger partial charge in [0.15, 0.2) is 17.3 Å². The zero-order valence-electron chi connectivity index (χ0n) is 9.73. The lowest BCUT2D eigenvalue weighted by molar-refractivity contribution is -0.120. The molecular formula is C12H15NO4. The Morgan fingerprint density at radius 1 is 1.29 bits per heavy atom. The lowest BCUT2D eigenvalue weighted by atomic mass is 10.1. The first-order valence-electron chi connectivity index (χ1n) is 5.25. The topological polar surface area (TPSA) is 86.6 Å². The third kappa shape index (κ3) is 3.21. The van der Waals surface area contributed by atoms with Crippen molar-refractivity contribution in [2.24, 2.45) is 5.92 Å². The van der Waals surface area contributed by atoms with Gasteiger partial charge in [-0.25, -0.2) is 0 Å². The Labute approximate surface area is 99.1 Å². The van der Waals surface area contributed by atoms with Gasteiger partial charge in [0.05, 0.1) is 12.1 Å². The van der Waals surface area contributed by atoms with E-state index in [9.17, 15) is 19.8 Å². The molecule has 1 aromatic rings. The number of para-hydroxylation sites is 1. The number of ketones is 1. The predicted octanol–water partition coefficient (Wildman–Crippen LogP) is 1.05. The molecule has 92 valence electrons. The molecule has 0 atom stereocenters. The first-order chi connectivity index (χ1) is 7.93. The van der Waals surface area contributed by atoms with E-state index in [-0.39, 0.29) is 29.6 Å². The van der Waals surface area contributed by atoms with Gasteiger partial charge in [-0.1, -0.05) is 19.9 Å². The number of carbonyl (C=O) groups is 2. The van der Waals surface area contributed by atoms with Gasteiger partial charge in [-0.2, -0.15) is 0 Å². The van der Waals surface area contributed by atoms with Crippen LogP contribution in [0.25, 0.3) is 0 Å². The summed E-state index contributed by atoms with van der Waals surface area (Å²) in [6.07, 6.45) is 0. The van der Waals surface area contributed by atoms with Crippen molar-refractivity contribution in [1.82, 2.24) is 5.32 Å². The van der Waals surface area contributed by atoms with Crippen molar-refractivity contribution in [3.63, 3.8) is 0 Å². The quantitative estimate of drug-likeness (QED) is 0.683. The SMILES string of the molecule is CC(C)C(=O)CNC(=O)c1cccc(O)c1O. The van der Waals surface area contributed by atoms with E-state index in [1.807, 2.05) is 0 Å². The van der Waals surface area contributed by atoms with Gasteiger partial charge in [0.2, 0.25) is 0 Å². The van der Waals surface area contributed by atoms with E-state index in [4.69, 9.17) is 0 Å². The Bertz CT molecular complexity index is 440. The van der Waals surface area contributed by atoms with E-state index in [1.165, 1.54) is 18.2 Å². The molecule has 0 saturated carbocycles. The zero-order chi connectivity index (χ0) is 13.0. The number of hydrogen-bond acceptors (Lipinski definition) is 4. The Morgan fingerprint density at radius 2 is 1.94 bits per heavy atom. The number of phenolic OH excluding ortho intramolecular Hbond substituents is 2. The highest BCUT2D eigenvalue weighted by Gasteiger charge is 2.15. The predicted molar refractivity (Wildman–Crippen MR) is 61.9 cm³/mol. The summed E-state index contributed by atoms with van der Waals surface area (Å²) >= 11 is 0. The molecule has 3 N–H and O–H groups in total. The summed E-state index contributed by atoms with van der Waals surface area (Å²) in [6.45, 7) is 3.38. The molecule has 0 fully saturated rings. The standard InChI is InChI=1S/C12H15NO4/c1-7(2)10(15)6-13-12(17)8-4-3-5-9(14)11(8)16/h3-5,7,14,16H,6H2,1-2H3,(H,13,17). The maximum Gasteiger partial charge on any atom is 0.255 e. The molecular weight excluding hydrogens is 222 g/mol. The Morgan fingerprint density at radius 3 is 2.53 bits per heavy atom. The number of aromatic hydroxyl groups is 2. The van der Waals surface area contributed by atoms with Crippen molar-refractivity contribution in [1.29, 1.82) is 0 Å². The largest absolute Gasteiger partial charge is 0.504 e. The molecule has 1 rings (SSSR count). The van der Waals surface area contributed by atoms with Crippen LogP contribution in [0.5, 0.6) is 11.5 Å². The van der Waals surface area contributed by atoms with Crippen LogP contribution in [-0.4, -0.2) is 28.4 Å². The van der Waals surface area contributed by atoms with Gasteiger partial charge >= 0.3 is 0 Å². The highest BCUT2D eigenvalue weighted by molar-refractivity contribution is 5.99. The first kappa shape index (κ1) is 13.0. The highest BCUT2D eigenvalue weighted by atomic mass is 16.3. The summed E-state index contributed by atoms with van der Waals surface area (Å²) < 4.78 is 0. The fourth-order valence-electron chi connectivity index (χ4n) is 1.18. The van der Waals surface area contributed by atoms with Crippen molar-refractivity contribution in [2.75, 3.05) is 6.54 Å². The molecule has 1 amide bonds. The molecule has 0 aliphatic heterocycles. The maximum absolute atomic E-state index is 11.6. The maximum atomic E-state index is 11.6. The lowest BCUT2D eigenvalue weighted by Gasteiger charge is -2.08. The monoisotopic (exact) mass is 237 g/mol. The molecule has 1 aromatic carbocycles. The second-order valence-corrected chi connectivity index (χ2v) is 3.98. The van der Waals surface area contributed by atoms with Gasteiger partial charge < -0.3 is 15.5 Å². The molecule has 0 aromatic heterocycles. The normalized spacial score (nSPS) is 10.3. The number of rotatable bonds is 4. The number of hydrogen-bond donors (Lipinski definition) is 3. The fraction of sp³-hybridized carbons (Fsp3) is 0.333. The molecule has 0 heterocycles. The highest BCUT2D eigenvalue weighted by Crippen LogP contribution is 2.27. The minimum atomic E-state index is -0.590. The van der Waals surface area contributed by atoms with E-state index >= 15 is 0 Å². The number of nitrogens with one attached hydrogen (secondary N) is 1. The van der Waals surface area contributed by atoms with Crippen LogP contribution < -0.4 is 5.32 Å². The molecule has 5 heteroatoms. The average Bonchev–Trinajstić information content (AvgIpc) is 2.29. The first-order valence-corrected chi connectivity index (χ1v) is 5.25. The number of Topliss-reactive ketones (excluding diaryl/α,β-unsaturated/α-hetero) is 1. The van der Waals surface area contributed by atoms with Crippen molar-refractivity contribution in [3.05, 3.63) is 23.8 Å². The molecule has 0 saturated heterocycles. The summed E-state index contributed by atoms with van der Waals surface area (Å²) in [6, 6.07) is 4.07.